The fraction of sp³-hybridized carbons (Fsp3) is 0.154. The van der Waals surface area contributed by atoms with E-state index in [2.05, 4.69) is 111 Å². The smallest absolute Gasteiger partial charge is 0.142 e. The SMILES string of the molecule is CCc1cc(C[P+](c2ccccc2)(c2ccccc2)c2ccccc2)oc1C. The normalized spacial score (nSPS) is 11.5. The number of benzene rings is 3. The van der Waals surface area contributed by atoms with Crippen LogP contribution in [0.15, 0.2) is 101 Å². The second-order valence-corrected chi connectivity index (χ2v) is 10.6. The molecule has 0 saturated heterocycles. The molecule has 4 rings (SSSR count). The molecule has 1 aromatic heterocycles. The molecule has 0 aliphatic heterocycles. The first-order valence-corrected chi connectivity index (χ1v) is 11.8. The second-order valence-electron chi connectivity index (χ2n) is 7.12. The van der Waals surface area contributed by atoms with Gasteiger partial charge in [0.2, 0.25) is 0 Å². The van der Waals surface area contributed by atoms with Gasteiger partial charge in [-0.3, -0.25) is 0 Å². The molecule has 0 spiro atoms. The van der Waals surface area contributed by atoms with Crippen LogP contribution < -0.4 is 15.9 Å². The highest BCUT2D eigenvalue weighted by Crippen LogP contribution is 2.58. The zero-order valence-corrected chi connectivity index (χ0v) is 17.4. The van der Waals surface area contributed by atoms with Crippen molar-refractivity contribution in [2.75, 3.05) is 0 Å². The number of rotatable bonds is 6. The molecule has 0 bridgehead atoms. The maximum Gasteiger partial charge on any atom is 0.142 e. The predicted octanol–water partition coefficient (Wildman–Crippen LogP) is 5.64. The minimum absolute atomic E-state index is 0.895. The van der Waals surface area contributed by atoms with Gasteiger partial charge >= 0.3 is 0 Å². The summed E-state index contributed by atoms with van der Waals surface area (Å²) in [5.41, 5.74) is 1.31. The third kappa shape index (κ3) is 3.43. The minimum Gasteiger partial charge on any atom is -0.462 e. The largest absolute Gasteiger partial charge is 0.462 e. The lowest BCUT2D eigenvalue weighted by Crippen LogP contribution is -2.32. The monoisotopic (exact) mass is 385 g/mol. The Morgan fingerprint density at radius 2 is 1.11 bits per heavy atom. The summed E-state index contributed by atoms with van der Waals surface area (Å²) in [4.78, 5) is 0. The summed E-state index contributed by atoms with van der Waals surface area (Å²) in [5, 5.41) is 4.17. The molecule has 0 aliphatic carbocycles. The van der Waals surface area contributed by atoms with Crippen molar-refractivity contribution in [3.8, 4) is 0 Å². The molecule has 0 fully saturated rings. The molecular weight excluding hydrogens is 359 g/mol. The first-order chi connectivity index (χ1) is 13.7. The Bertz CT molecular complexity index is 923. The van der Waals surface area contributed by atoms with E-state index in [4.69, 9.17) is 4.42 Å². The summed E-state index contributed by atoms with van der Waals surface area (Å²) in [7, 11) is -1.89. The third-order valence-electron chi connectivity index (χ3n) is 5.44. The first-order valence-electron chi connectivity index (χ1n) is 9.87. The summed E-state index contributed by atoms with van der Waals surface area (Å²) in [6.07, 6.45) is 1.90. The minimum atomic E-state index is -1.89. The summed E-state index contributed by atoms with van der Waals surface area (Å²) >= 11 is 0. The average molecular weight is 385 g/mol. The van der Waals surface area contributed by atoms with E-state index in [1.165, 1.54) is 21.5 Å². The Morgan fingerprint density at radius 3 is 1.46 bits per heavy atom. The Morgan fingerprint density at radius 1 is 0.679 bits per heavy atom. The standard InChI is InChI=1S/C26H26OP/c1-3-22-19-23(27-21(22)2)20-28(24-13-7-4-8-14-24,25-15-9-5-10-16-25)26-17-11-6-12-18-26/h4-19H,3,20H2,1-2H3/q+1. The van der Waals surface area contributed by atoms with Crippen LogP contribution in [0, 0.1) is 6.92 Å². The molecule has 3 aromatic carbocycles. The summed E-state index contributed by atoms with van der Waals surface area (Å²) < 4.78 is 6.25. The molecule has 0 atom stereocenters. The quantitative estimate of drug-likeness (QED) is 0.391. The number of furan rings is 1. The third-order valence-corrected chi connectivity index (χ3v) is 9.76. The predicted molar refractivity (Wildman–Crippen MR) is 122 cm³/mol. The van der Waals surface area contributed by atoms with Gasteiger partial charge in [0, 0.05) is 0 Å². The van der Waals surface area contributed by atoms with Crippen molar-refractivity contribution >= 4 is 23.2 Å². The summed E-state index contributed by atoms with van der Waals surface area (Å²) in [6.45, 7) is 4.27. The Kier molecular flexibility index (Phi) is 5.46. The van der Waals surface area contributed by atoms with Crippen molar-refractivity contribution in [3.63, 3.8) is 0 Å². The summed E-state index contributed by atoms with van der Waals surface area (Å²) in [5.74, 6) is 2.13. The maximum absolute atomic E-state index is 6.25. The number of aryl methyl sites for hydroxylation is 2. The van der Waals surface area contributed by atoms with Gasteiger partial charge in [-0.15, -0.1) is 0 Å². The van der Waals surface area contributed by atoms with Crippen LogP contribution in [0.3, 0.4) is 0 Å². The van der Waals surface area contributed by atoms with E-state index in [0.717, 1.165) is 24.1 Å². The van der Waals surface area contributed by atoms with Crippen molar-refractivity contribution in [2.45, 2.75) is 26.4 Å². The van der Waals surface area contributed by atoms with Gasteiger partial charge in [0.05, 0.1) is 0 Å². The zero-order valence-electron chi connectivity index (χ0n) is 16.5. The molecule has 0 amide bonds. The van der Waals surface area contributed by atoms with Crippen LogP contribution in [0.5, 0.6) is 0 Å². The van der Waals surface area contributed by atoms with E-state index >= 15 is 0 Å². The lowest BCUT2D eigenvalue weighted by molar-refractivity contribution is 0.497. The Balaban J connectivity index is 1.97. The molecule has 140 valence electrons. The Hall–Kier alpha value is -2.63. The topological polar surface area (TPSA) is 13.1 Å². The fourth-order valence-corrected chi connectivity index (χ4v) is 8.13. The van der Waals surface area contributed by atoms with Crippen molar-refractivity contribution in [2.24, 2.45) is 0 Å². The van der Waals surface area contributed by atoms with Crippen LogP contribution in [0.4, 0.5) is 0 Å². The molecule has 28 heavy (non-hydrogen) atoms. The number of hydrogen-bond acceptors (Lipinski definition) is 1. The molecule has 2 heteroatoms. The van der Waals surface area contributed by atoms with Crippen LogP contribution in [-0.4, -0.2) is 0 Å². The highest BCUT2D eigenvalue weighted by atomic mass is 31.2. The maximum atomic E-state index is 6.25. The first kappa shape index (κ1) is 18.7. The molecule has 0 radical (unpaired) electrons. The van der Waals surface area contributed by atoms with Crippen LogP contribution in [-0.2, 0) is 12.6 Å². The lowest BCUT2D eigenvalue weighted by atomic mass is 10.2. The molecule has 4 aromatic rings. The van der Waals surface area contributed by atoms with Crippen molar-refractivity contribution < 1.29 is 4.42 Å². The molecule has 1 heterocycles. The van der Waals surface area contributed by atoms with E-state index in [1.807, 2.05) is 0 Å². The van der Waals surface area contributed by atoms with Gasteiger partial charge in [0.15, 0.2) is 0 Å². The van der Waals surface area contributed by atoms with Gasteiger partial charge < -0.3 is 4.42 Å². The zero-order chi connectivity index (χ0) is 19.4. The van der Waals surface area contributed by atoms with E-state index in [0.29, 0.717) is 0 Å². The average Bonchev–Trinajstić information content (AvgIpc) is 3.13. The van der Waals surface area contributed by atoms with Crippen molar-refractivity contribution in [1.29, 1.82) is 0 Å². The second kappa shape index (κ2) is 8.17. The van der Waals surface area contributed by atoms with Gasteiger partial charge in [-0.05, 0) is 61.4 Å². The fourth-order valence-electron chi connectivity index (χ4n) is 4.02. The van der Waals surface area contributed by atoms with Gasteiger partial charge in [0.25, 0.3) is 0 Å². The Labute approximate surface area is 168 Å². The van der Waals surface area contributed by atoms with Crippen LogP contribution >= 0.6 is 7.26 Å². The van der Waals surface area contributed by atoms with E-state index in [1.54, 1.807) is 0 Å². The highest BCUT2D eigenvalue weighted by Gasteiger charge is 2.46. The van der Waals surface area contributed by atoms with Crippen molar-refractivity contribution in [1.82, 2.24) is 0 Å². The van der Waals surface area contributed by atoms with Gasteiger partial charge in [-0.25, -0.2) is 0 Å². The highest BCUT2D eigenvalue weighted by molar-refractivity contribution is 7.95. The van der Waals surface area contributed by atoms with E-state index < -0.39 is 7.26 Å². The van der Waals surface area contributed by atoms with E-state index in [9.17, 15) is 0 Å². The van der Waals surface area contributed by atoms with Crippen LogP contribution in [0.25, 0.3) is 0 Å². The molecule has 0 saturated carbocycles. The molecule has 1 nitrogen and oxygen atoms in total. The van der Waals surface area contributed by atoms with Gasteiger partial charge in [0.1, 0.15) is 40.9 Å². The van der Waals surface area contributed by atoms with Crippen LogP contribution in [0.2, 0.25) is 0 Å². The lowest BCUT2D eigenvalue weighted by Gasteiger charge is -2.26. The molecule has 0 aliphatic rings. The number of hydrogen-bond donors (Lipinski definition) is 0. The van der Waals surface area contributed by atoms with Crippen LogP contribution in [0.1, 0.15) is 24.0 Å². The molecular formula is C26H26OP+. The van der Waals surface area contributed by atoms with Gasteiger partial charge in [-0.1, -0.05) is 61.5 Å². The van der Waals surface area contributed by atoms with Gasteiger partial charge in [-0.2, -0.15) is 0 Å². The van der Waals surface area contributed by atoms with Crippen molar-refractivity contribution in [3.05, 3.63) is 114 Å². The molecule has 0 unspecified atom stereocenters. The summed E-state index contributed by atoms with van der Waals surface area (Å²) in [6, 6.07) is 35.2. The molecule has 0 N–H and O–H groups in total. The van der Waals surface area contributed by atoms with E-state index in [-0.39, 0.29) is 0 Å².